The van der Waals surface area contributed by atoms with Crippen molar-refractivity contribution >= 4 is 11.8 Å². The molecule has 0 aromatic carbocycles. The van der Waals surface area contributed by atoms with Crippen LogP contribution in [0.1, 0.15) is 26.7 Å². The molecule has 1 saturated heterocycles. The topological polar surface area (TPSA) is 37.4 Å². The first-order chi connectivity index (χ1) is 9.02. The minimum absolute atomic E-state index is 0. The maximum Gasteiger partial charge on any atom is 0.233 e. The Morgan fingerprint density at radius 1 is 1.10 bits per heavy atom. The molecule has 1 aliphatic heterocycles. The molecule has 0 radical (unpaired) electrons. The molecule has 20 heavy (non-hydrogen) atoms. The highest BCUT2D eigenvalue weighted by Crippen LogP contribution is 2.34. The van der Waals surface area contributed by atoms with Gasteiger partial charge in [0.15, 0.2) is 0 Å². The number of quaternary nitrogens is 1. The van der Waals surface area contributed by atoms with Crippen molar-refractivity contribution in [3.63, 3.8) is 0 Å². The molecule has 0 N–H and O–H groups in total. The van der Waals surface area contributed by atoms with E-state index in [2.05, 4.69) is 20.9 Å². The van der Waals surface area contributed by atoms with Crippen molar-refractivity contribution in [2.75, 3.05) is 33.2 Å². The molecule has 0 aromatic heterocycles. The molecular weight excluding hydrogens is 367 g/mol. The molecular formula is C15H25IN2O2. The fourth-order valence-corrected chi connectivity index (χ4v) is 2.97. The number of imide groups is 1. The number of allylic oxidation sites excluding steroid dienone is 2. The third kappa shape index (κ3) is 3.24. The number of halogens is 1. The Morgan fingerprint density at radius 3 is 1.95 bits per heavy atom. The van der Waals surface area contributed by atoms with Gasteiger partial charge in [0.1, 0.15) is 0 Å². The summed E-state index contributed by atoms with van der Waals surface area (Å²) in [6, 6.07) is 0. The zero-order valence-corrected chi connectivity index (χ0v) is 14.8. The summed E-state index contributed by atoms with van der Waals surface area (Å²) in [6.45, 7) is 7.80. The van der Waals surface area contributed by atoms with Gasteiger partial charge in [0, 0.05) is 0 Å². The largest absolute Gasteiger partial charge is 1.00 e. The number of carbonyl (C=O) groups is 2. The van der Waals surface area contributed by atoms with E-state index in [1.165, 1.54) is 4.90 Å². The van der Waals surface area contributed by atoms with Crippen LogP contribution in [0.4, 0.5) is 0 Å². The number of fused-ring (bicyclic) bond motifs is 1. The minimum Gasteiger partial charge on any atom is -1.00 e. The maximum atomic E-state index is 12.3. The number of amides is 2. The monoisotopic (exact) mass is 392 g/mol. The molecule has 114 valence electrons. The van der Waals surface area contributed by atoms with Crippen LogP contribution in [-0.4, -0.2) is 54.4 Å². The number of likely N-dealkylation sites (tertiary alicyclic amines) is 1. The van der Waals surface area contributed by atoms with Gasteiger partial charge in [0.2, 0.25) is 11.8 Å². The summed E-state index contributed by atoms with van der Waals surface area (Å²) in [5.74, 6) is -0.0600. The highest BCUT2D eigenvalue weighted by molar-refractivity contribution is 6.05. The van der Waals surface area contributed by atoms with E-state index in [0.717, 1.165) is 37.0 Å². The van der Waals surface area contributed by atoms with Gasteiger partial charge in [-0.1, -0.05) is 12.2 Å². The highest BCUT2D eigenvalue weighted by atomic mass is 127. The van der Waals surface area contributed by atoms with Crippen molar-refractivity contribution in [3.05, 3.63) is 12.2 Å². The third-order valence-electron chi connectivity index (χ3n) is 4.99. The minimum atomic E-state index is -0.0838. The summed E-state index contributed by atoms with van der Waals surface area (Å²) in [4.78, 5) is 26.1. The summed E-state index contributed by atoms with van der Waals surface area (Å²) in [5.41, 5.74) is 0. The molecule has 4 nitrogen and oxygen atoms in total. The molecule has 5 heteroatoms. The molecule has 0 bridgehead atoms. The quantitative estimate of drug-likeness (QED) is 0.245. The van der Waals surface area contributed by atoms with Crippen molar-refractivity contribution in [1.29, 1.82) is 0 Å². The van der Waals surface area contributed by atoms with Gasteiger partial charge in [-0.3, -0.25) is 14.5 Å². The molecule has 0 saturated carbocycles. The van der Waals surface area contributed by atoms with Crippen LogP contribution < -0.4 is 24.0 Å². The molecule has 2 atom stereocenters. The lowest BCUT2D eigenvalue weighted by atomic mass is 9.85. The smallest absolute Gasteiger partial charge is 0.233 e. The molecule has 2 rings (SSSR count). The Balaban J connectivity index is 0.00000200. The van der Waals surface area contributed by atoms with Crippen LogP contribution in [0.5, 0.6) is 0 Å². The third-order valence-corrected chi connectivity index (χ3v) is 4.99. The molecule has 1 heterocycles. The second-order valence-corrected chi connectivity index (χ2v) is 5.96. The number of hydrogen-bond donors (Lipinski definition) is 0. The Kier molecular flexibility index (Phi) is 6.19. The summed E-state index contributed by atoms with van der Waals surface area (Å²) in [7, 11) is 2.18. The van der Waals surface area contributed by atoms with Gasteiger partial charge in [0.25, 0.3) is 0 Å². The van der Waals surface area contributed by atoms with Crippen LogP contribution in [0.3, 0.4) is 0 Å². The summed E-state index contributed by atoms with van der Waals surface area (Å²) in [6.07, 6.45) is 5.54. The van der Waals surface area contributed by atoms with Crippen LogP contribution in [0.15, 0.2) is 12.2 Å². The second-order valence-electron chi connectivity index (χ2n) is 5.96. The number of hydrogen-bond acceptors (Lipinski definition) is 2. The Morgan fingerprint density at radius 2 is 1.55 bits per heavy atom. The Bertz CT molecular complexity index is 379. The predicted octanol–water partition coefficient (Wildman–Crippen LogP) is -1.57. The van der Waals surface area contributed by atoms with Crippen molar-refractivity contribution in [2.45, 2.75) is 26.7 Å². The van der Waals surface area contributed by atoms with Gasteiger partial charge < -0.3 is 28.5 Å². The average molecular weight is 392 g/mol. The van der Waals surface area contributed by atoms with E-state index in [1.54, 1.807) is 0 Å². The molecule has 2 unspecified atom stereocenters. The van der Waals surface area contributed by atoms with E-state index in [0.29, 0.717) is 6.54 Å². The van der Waals surface area contributed by atoms with Gasteiger partial charge in [-0.25, -0.2) is 0 Å². The Labute approximate surface area is 138 Å². The number of carbonyl (C=O) groups excluding carboxylic acids is 2. The average Bonchev–Trinajstić information content (AvgIpc) is 2.69. The van der Waals surface area contributed by atoms with E-state index in [4.69, 9.17) is 0 Å². The van der Waals surface area contributed by atoms with Gasteiger partial charge >= 0.3 is 0 Å². The lowest BCUT2D eigenvalue weighted by Crippen LogP contribution is -3.00. The van der Waals surface area contributed by atoms with E-state index in [9.17, 15) is 9.59 Å². The molecule has 1 aliphatic carbocycles. The van der Waals surface area contributed by atoms with Crippen molar-refractivity contribution in [3.8, 4) is 0 Å². The van der Waals surface area contributed by atoms with Gasteiger partial charge in [-0.05, 0) is 26.7 Å². The molecule has 0 aromatic rings. The van der Waals surface area contributed by atoms with Gasteiger partial charge in [0.05, 0.1) is 45.1 Å². The standard InChI is InChI=1S/C15H25N2O2.HI/c1-4-17(3,5-2)11-10-16-14(18)12-8-6-7-9-13(12)15(16)19;/h6-7,12-13H,4-5,8-11H2,1-3H3;1H/q+1;/p-1. The Hall–Kier alpha value is -0.430. The summed E-state index contributed by atoms with van der Waals surface area (Å²) in [5, 5.41) is 0. The van der Waals surface area contributed by atoms with Crippen LogP contribution in [-0.2, 0) is 9.59 Å². The van der Waals surface area contributed by atoms with Gasteiger partial charge in [-0.2, -0.15) is 0 Å². The first-order valence-electron chi connectivity index (χ1n) is 7.36. The molecule has 1 fully saturated rings. The van der Waals surface area contributed by atoms with E-state index >= 15 is 0 Å². The maximum absolute atomic E-state index is 12.3. The van der Waals surface area contributed by atoms with Crippen molar-refractivity contribution in [1.82, 2.24) is 4.90 Å². The SMILES string of the molecule is CC[N+](C)(CC)CCN1C(=O)C2CC=CCC2C1=O.[I-]. The molecule has 2 amide bonds. The van der Waals surface area contributed by atoms with Crippen LogP contribution >= 0.6 is 0 Å². The molecule has 2 aliphatic rings. The first-order valence-corrected chi connectivity index (χ1v) is 7.36. The highest BCUT2D eigenvalue weighted by Gasteiger charge is 2.47. The summed E-state index contributed by atoms with van der Waals surface area (Å²) < 4.78 is 0.907. The van der Waals surface area contributed by atoms with Crippen LogP contribution in [0.25, 0.3) is 0 Å². The number of likely N-dealkylation sites (N-methyl/N-ethyl adjacent to an activating group) is 1. The number of nitrogens with zero attached hydrogens (tertiary/aromatic N) is 2. The van der Waals surface area contributed by atoms with Crippen molar-refractivity contribution in [2.24, 2.45) is 11.8 Å². The fraction of sp³-hybridized carbons (Fsp3) is 0.733. The van der Waals surface area contributed by atoms with E-state index in [-0.39, 0.29) is 47.6 Å². The van der Waals surface area contributed by atoms with Crippen LogP contribution in [0, 0.1) is 11.8 Å². The van der Waals surface area contributed by atoms with Crippen molar-refractivity contribution < 1.29 is 38.0 Å². The lowest BCUT2D eigenvalue weighted by Gasteiger charge is -2.33. The van der Waals surface area contributed by atoms with Crippen LogP contribution in [0.2, 0.25) is 0 Å². The normalized spacial score (nSPS) is 25.6. The fourth-order valence-electron chi connectivity index (χ4n) is 2.97. The van der Waals surface area contributed by atoms with E-state index in [1.807, 2.05) is 12.2 Å². The number of rotatable bonds is 5. The zero-order chi connectivity index (χ0) is 14.0. The second kappa shape index (κ2) is 7.02. The summed E-state index contributed by atoms with van der Waals surface area (Å²) >= 11 is 0. The lowest BCUT2D eigenvalue weighted by molar-refractivity contribution is -0.905. The molecule has 0 spiro atoms. The van der Waals surface area contributed by atoms with Gasteiger partial charge in [-0.15, -0.1) is 0 Å². The predicted molar refractivity (Wildman–Crippen MR) is 74.2 cm³/mol. The zero-order valence-electron chi connectivity index (χ0n) is 12.6. The first kappa shape index (κ1) is 17.6. The van der Waals surface area contributed by atoms with E-state index < -0.39 is 0 Å².